The number of benzene rings is 4. The molecule has 0 spiro atoms. The van der Waals surface area contributed by atoms with E-state index in [-0.39, 0.29) is 0 Å². The minimum atomic E-state index is -4.21. The molecule has 7 rings (SSSR count). The average molecular weight is 506 g/mol. The van der Waals surface area contributed by atoms with Crippen LogP contribution in [0.4, 0.5) is 8.63 Å². The van der Waals surface area contributed by atoms with Crippen molar-refractivity contribution in [1.82, 2.24) is 4.48 Å². The molecule has 1 atom stereocenters. The number of fused-ring (bicyclic) bond motifs is 6. The van der Waals surface area contributed by atoms with Gasteiger partial charge in [-0.1, -0.05) is 42.5 Å². The first kappa shape index (κ1) is 22.8. The molecule has 1 unspecified atom stereocenters. The minimum Gasteiger partial charge on any atom is -0.497 e. The van der Waals surface area contributed by atoms with Gasteiger partial charge in [0.25, 0.3) is 0 Å². The maximum atomic E-state index is 17.2. The second kappa shape index (κ2) is 8.31. The number of nitrogens with zero attached hydrogens (tertiary/aromatic N) is 2. The van der Waals surface area contributed by atoms with E-state index in [2.05, 4.69) is 0 Å². The second-order valence-corrected chi connectivity index (χ2v) is 9.82. The molecule has 4 aromatic carbocycles. The number of hydrogen-bond acceptors (Lipinski definition) is 2. The van der Waals surface area contributed by atoms with Crippen molar-refractivity contribution in [3.8, 4) is 22.8 Å². The number of ether oxygens (including phenoxy) is 2. The van der Waals surface area contributed by atoms with Gasteiger partial charge in [0.1, 0.15) is 17.5 Å². The van der Waals surface area contributed by atoms with Gasteiger partial charge in [-0.2, -0.15) is 0 Å². The summed E-state index contributed by atoms with van der Waals surface area (Å²) in [6.07, 6.45) is 0.477. The average Bonchev–Trinajstić information content (AvgIpc) is 3.48. The van der Waals surface area contributed by atoms with Gasteiger partial charge in [-0.25, -0.2) is 0 Å². The predicted octanol–water partition coefficient (Wildman–Crippen LogP) is 6.71. The first-order chi connectivity index (χ1) is 18.5. The lowest BCUT2D eigenvalue weighted by Gasteiger charge is -2.36. The van der Waals surface area contributed by atoms with Crippen molar-refractivity contribution < 1.29 is 22.6 Å². The molecule has 4 nitrogen and oxygen atoms in total. The minimum absolute atomic E-state index is 0.465. The monoisotopic (exact) mass is 506 g/mol. The Labute approximate surface area is 219 Å². The van der Waals surface area contributed by atoms with E-state index in [0.29, 0.717) is 35.0 Å². The molecule has 3 heterocycles. The fourth-order valence-corrected chi connectivity index (χ4v) is 6.32. The predicted molar refractivity (Wildman–Crippen MR) is 147 cm³/mol. The zero-order valence-corrected chi connectivity index (χ0v) is 21.1. The molecule has 188 valence electrons. The second-order valence-electron chi connectivity index (χ2n) is 9.82. The van der Waals surface area contributed by atoms with E-state index in [4.69, 9.17) is 9.47 Å². The molecule has 0 radical (unpaired) electrons. The van der Waals surface area contributed by atoms with Gasteiger partial charge >= 0.3 is 6.97 Å². The van der Waals surface area contributed by atoms with Crippen LogP contribution in [0.1, 0.15) is 28.4 Å². The number of methoxy groups -OCH3 is 2. The van der Waals surface area contributed by atoms with Gasteiger partial charge in [0.05, 0.1) is 19.8 Å². The topological polar surface area (TPSA) is 26.4 Å². The quantitative estimate of drug-likeness (QED) is 0.254. The molecule has 0 amide bonds. The summed E-state index contributed by atoms with van der Waals surface area (Å²) in [7, 11) is 3.20. The fourth-order valence-electron chi connectivity index (χ4n) is 6.32. The molecular formula is C31H25BF2N2O2. The van der Waals surface area contributed by atoms with E-state index >= 15 is 8.63 Å². The molecule has 0 saturated carbocycles. The lowest BCUT2D eigenvalue weighted by Crippen LogP contribution is -2.54. The Hall–Kier alpha value is -4.39. The molecule has 0 N–H and O–H groups in total. The first-order valence-electron chi connectivity index (χ1n) is 12.7. The van der Waals surface area contributed by atoms with Crippen LogP contribution in [0.2, 0.25) is 0 Å². The van der Waals surface area contributed by atoms with Crippen LogP contribution in [0.25, 0.3) is 22.0 Å². The van der Waals surface area contributed by atoms with Crippen molar-refractivity contribution >= 4 is 23.5 Å². The normalized spacial score (nSPS) is 17.2. The first-order valence-corrected chi connectivity index (χ1v) is 12.7. The number of aromatic nitrogens is 1. The highest BCUT2D eigenvalue weighted by atomic mass is 19.2. The van der Waals surface area contributed by atoms with Crippen molar-refractivity contribution in [3.63, 3.8) is 0 Å². The maximum Gasteiger partial charge on any atom is 0.732 e. The molecule has 1 aromatic heterocycles. The van der Waals surface area contributed by atoms with Gasteiger partial charge in [0, 0.05) is 39.7 Å². The molecule has 0 bridgehead atoms. The Morgan fingerprint density at radius 3 is 1.97 bits per heavy atom. The van der Waals surface area contributed by atoms with Crippen LogP contribution in [-0.4, -0.2) is 35.9 Å². The van der Waals surface area contributed by atoms with Crippen molar-refractivity contribution in [2.24, 2.45) is 0 Å². The summed E-state index contributed by atoms with van der Waals surface area (Å²) in [5.41, 5.74) is 5.02. The van der Waals surface area contributed by atoms with Gasteiger partial charge < -0.3 is 27.1 Å². The summed E-state index contributed by atoms with van der Waals surface area (Å²) >= 11 is 0. The maximum absolute atomic E-state index is 17.2. The van der Waals surface area contributed by atoms with Gasteiger partial charge in [-0.3, -0.25) is 0 Å². The van der Waals surface area contributed by atoms with Crippen LogP contribution in [-0.2, 0) is 6.42 Å². The Bertz CT molecular complexity index is 1740. The summed E-state index contributed by atoms with van der Waals surface area (Å²) in [4.78, 5) is 0. The molecular weight excluding hydrogens is 481 g/mol. The van der Waals surface area contributed by atoms with Gasteiger partial charge in [-0.15, -0.1) is 0 Å². The Kier molecular flexibility index (Phi) is 4.99. The Balaban J connectivity index is 1.54. The number of rotatable bonds is 4. The largest absolute Gasteiger partial charge is 0.732 e. The van der Waals surface area contributed by atoms with Gasteiger partial charge in [-0.05, 0) is 60.2 Å². The smallest absolute Gasteiger partial charge is 0.497 e. The molecule has 7 heteroatoms. The summed E-state index contributed by atoms with van der Waals surface area (Å²) < 4.78 is 47.8. The highest BCUT2D eigenvalue weighted by molar-refractivity contribution is 6.59. The summed E-state index contributed by atoms with van der Waals surface area (Å²) in [6.45, 7) is -4.21. The van der Waals surface area contributed by atoms with Crippen LogP contribution >= 0.6 is 0 Å². The third-order valence-corrected chi connectivity index (χ3v) is 7.95. The van der Waals surface area contributed by atoms with Crippen molar-refractivity contribution in [3.05, 3.63) is 119 Å². The van der Waals surface area contributed by atoms with Crippen LogP contribution < -0.4 is 9.47 Å². The molecule has 0 aliphatic carbocycles. The van der Waals surface area contributed by atoms with E-state index in [0.717, 1.165) is 33.0 Å². The highest BCUT2D eigenvalue weighted by Gasteiger charge is 2.58. The van der Waals surface area contributed by atoms with Crippen molar-refractivity contribution in [1.29, 1.82) is 0 Å². The van der Waals surface area contributed by atoms with Gasteiger partial charge in [0.2, 0.25) is 0 Å². The standard InChI is InChI=1S/C31H25BF2N2O2/c1-37-22-15-11-20(12-16-22)30-26-9-5-3-7-24(26)28-19-29-25-8-4-6-10-27(25)31(36(29)32(33,34)35(28)30)21-13-17-23(38-2)18-14-21/h3-18,28H,19H2,1-2H3. The fraction of sp³-hybridized carbons (Fsp3) is 0.129. The Morgan fingerprint density at radius 1 is 0.737 bits per heavy atom. The third kappa shape index (κ3) is 3.11. The van der Waals surface area contributed by atoms with Crippen molar-refractivity contribution in [2.75, 3.05) is 14.2 Å². The summed E-state index contributed by atoms with van der Waals surface area (Å²) in [5, 5.41) is 1.70. The summed E-state index contributed by atoms with van der Waals surface area (Å²) in [6, 6.07) is 29.8. The number of hydrogen-bond donors (Lipinski definition) is 0. The lowest BCUT2D eigenvalue weighted by atomic mass is 9.84. The Morgan fingerprint density at radius 2 is 1.32 bits per heavy atom. The summed E-state index contributed by atoms with van der Waals surface area (Å²) in [5.74, 6) is 1.37. The molecule has 0 saturated heterocycles. The third-order valence-electron chi connectivity index (χ3n) is 7.95. The van der Waals surface area contributed by atoms with E-state index in [1.807, 2.05) is 97.1 Å². The molecule has 38 heavy (non-hydrogen) atoms. The molecule has 0 fully saturated rings. The van der Waals surface area contributed by atoms with E-state index in [1.54, 1.807) is 14.2 Å². The lowest BCUT2D eigenvalue weighted by molar-refractivity contribution is -0.475. The molecule has 2 aliphatic rings. The molecule has 2 aliphatic heterocycles. The zero-order chi connectivity index (χ0) is 26.0. The van der Waals surface area contributed by atoms with E-state index in [1.165, 1.54) is 8.96 Å². The van der Waals surface area contributed by atoms with Crippen LogP contribution in [0, 0.1) is 0 Å². The van der Waals surface area contributed by atoms with Crippen molar-refractivity contribution in [2.45, 2.75) is 12.5 Å². The van der Waals surface area contributed by atoms with Gasteiger partial charge in [0.15, 0.2) is 5.71 Å². The number of halogens is 2. The van der Waals surface area contributed by atoms with Crippen LogP contribution in [0.5, 0.6) is 11.5 Å². The van der Waals surface area contributed by atoms with Crippen LogP contribution in [0.15, 0.2) is 97.1 Å². The SMILES string of the molecule is COc1ccc(C2=[N+]3C(Cc4c5ccccc5c(-c5ccc(OC)cc5)n4[B-]3(F)F)c3ccccc32)cc1. The molecule has 5 aromatic rings. The van der Waals surface area contributed by atoms with E-state index in [9.17, 15) is 0 Å². The highest BCUT2D eigenvalue weighted by Crippen LogP contribution is 2.47. The van der Waals surface area contributed by atoms with Crippen LogP contribution in [0.3, 0.4) is 0 Å². The van der Waals surface area contributed by atoms with E-state index < -0.39 is 13.0 Å². The zero-order valence-electron chi connectivity index (χ0n) is 21.1.